The predicted molar refractivity (Wildman–Crippen MR) is 335 cm³/mol. The zero-order valence-electron chi connectivity index (χ0n) is 51.5. The van der Waals surface area contributed by atoms with Gasteiger partial charge in [-0.2, -0.15) is 0 Å². The van der Waals surface area contributed by atoms with E-state index in [1.165, 1.54) is 244 Å². The van der Waals surface area contributed by atoms with Gasteiger partial charge in [-0.25, -0.2) is 0 Å². The summed E-state index contributed by atoms with van der Waals surface area (Å²) in [6.07, 6.45) is 84.2. The molecule has 0 bridgehead atoms. The van der Waals surface area contributed by atoms with Crippen LogP contribution in [0.25, 0.3) is 0 Å². The van der Waals surface area contributed by atoms with Gasteiger partial charge >= 0.3 is 17.9 Å². The maximum atomic E-state index is 12.9. The highest BCUT2D eigenvalue weighted by Crippen LogP contribution is 2.18. The molecule has 77 heavy (non-hydrogen) atoms. The van der Waals surface area contributed by atoms with Gasteiger partial charge in [0.1, 0.15) is 13.2 Å². The van der Waals surface area contributed by atoms with E-state index in [1.807, 2.05) is 12.2 Å². The Morgan fingerprint density at radius 3 is 0.792 bits per heavy atom. The van der Waals surface area contributed by atoms with Crippen LogP contribution in [0.2, 0.25) is 0 Å². The zero-order valence-corrected chi connectivity index (χ0v) is 51.5. The molecule has 0 N–H and O–H groups in total. The molecule has 0 aromatic heterocycles. The molecular weight excluding hydrogens is 949 g/mol. The molecule has 1 unspecified atom stereocenters. The number of esters is 3. The lowest BCUT2D eigenvalue weighted by atomic mass is 10.0. The van der Waals surface area contributed by atoms with Crippen molar-refractivity contribution >= 4 is 17.9 Å². The van der Waals surface area contributed by atoms with E-state index in [0.717, 1.165) is 70.6 Å². The van der Waals surface area contributed by atoms with Gasteiger partial charge in [-0.15, -0.1) is 0 Å². The summed E-state index contributed by atoms with van der Waals surface area (Å²) in [5, 5.41) is 0. The summed E-state index contributed by atoms with van der Waals surface area (Å²) < 4.78 is 16.9. The molecule has 0 fully saturated rings. The molecule has 0 aromatic rings. The van der Waals surface area contributed by atoms with Gasteiger partial charge in [-0.1, -0.05) is 351 Å². The van der Waals surface area contributed by atoms with Crippen LogP contribution >= 0.6 is 0 Å². The lowest BCUT2D eigenvalue weighted by Crippen LogP contribution is -2.30. The smallest absolute Gasteiger partial charge is 0.309 e. The normalized spacial score (nSPS) is 12.4. The SMILES string of the molecule is CC/C=C\C/C=C\C/C=C\C/C=C\C/C=C\CC(=O)OCC(COC(=O)CCCCCCCCCCCCCCCCCCCCCCCCCCC)OC(=O)CCCCCCCCCCCCCCCCCCCCC. The predicted octanol–water partition coefficient (Wildman–Crippen LogP) is 23.1. The van der Waals surface area contributed by atoms with Crippen molar-refractivity contribution in [3.05, 3.63) is 60.8 Å². The lowest BCUT2D eigenvalue weighted by molar-refractivity contribution is -0.166. The molecule has 448 valence electrons. The van der Waals surface area contributed by atoms with Crippen molar-refractivity contribution in [2.75, 3.05) is 13.2 Å². The molecule has 0 aliphatic rings. The number of hydrogen-bond donors (Lipinski definition) is 0. The summed E-state index contributed by atoms with van der Waals surface area (Å²) in [5.41, 5.74) is 0. The average molecular weight is 1080 g/mol. The minimum absolute atomic E-state index is 0.0991. The highest BCUT2D eigenvalue weighted by molar-refractivity contribution is 5.72. The molecule has 0 saturated carbocycles. The molecule has 0 aromatic carbocycles. The van der Waals surface area contributed by atoms with Crippen molar-refractivity contribution in [3.63, 3.8) is 0 Å². The molecule has 0 radical (unpaired) electrons. The van der Waals surface area contributed by atoms with Crippen LogP contribution in [0.5, 0.6) is 0 Å². The van der Waals surface area contributed by atoms with Crippen molar-refractivity contribution in [1.29, 1.82) is 0 Å². The molecular formula is C71H128O6. The first-order chi connectivity index (χ1) is 38.0. The van der Waals surface area contributed by atoms with Gasteiger partial charge in [0.2, 0.25) is 0 Å². The van der Waals surface area contributed by atoms with Gasteiger partial charge in [0.15, 0.2) is 6.10 Å². The molecule has 1 atom stereocenters. The second-order valence-corrected chi connectivity index (χ2v) is 22.7. The van der Waals surface area contributed by atoms with Gasteiger partial charge in [0.05, 0.1) is 6.42 Å². The Bertz CT molecular complexity index is 1380. The Kier molecular flexibility index (Phi) is 63.2. The summed E-state index contributed by atoms with van der Waals surface area (Å²) in [6, 6.07) is 0. The number of rotatable bonds is 62. The number of carbonyl (C=O) groups is 3. The van der Waals surface area contributed by atoms with Crippen LogP contribution in [0.15, 0.2) is 60.8 Å². The van der Waals surface area contributed by atoms with E-state index in [-0.39, 0.29) is 31.6 Å². The fourth-order valence-corrected chi connectivity index (χ4v) is 10.1. The van der Waals surface area contributed by atoms with Crippen LogP contribution in [0, 0.1) is 0 Å². The highest BCUT2D eigenvalue weighted by Gasteiger charge is 2.19. The van der Waals surface area contributed by atoms with Crippen molar-refractivity contribution in [2.24, 2.45) is 0 Å². The second kappa shape index (κ2) is 65.6. The molecule has 0 saturated heterocycles. The fraction of sp³-hybridized carbons (Fsp3) is 0.817. The van der Waals surface area contributed by atoms with Gasteiger partial charge in [0.25, 0.3) is 0 Å². The van der Waals surface area contributed by atoms with Gasteiger partial charge in [0, 0.05) is 12.8 Å². The largest absolute Gasteiger partial charge is 0.462 e. The molecule has 0 heterocycles. The summed E-state index contributed by atoms with van der Waals surface area (Å²) in [6.45, 7) is 6.50. The third kappa shape index (κ3) is 63.8. The topological polar surface area (TPSA) is 78.9 Å². The minimum atomic E-state index is -0.812. The Morgan fingerprint density at radius 1 is 0.273 bits per heavy atom. The molecule has 0 aliphatic carbocycles. The van der Waals surface area contributed by atoms with Crippen LogP contribution in [-0.4, -0.2) is 37.2 Å². The minimum Gasteiger partial charge on any atom is -0.462 e. The fourth-order valence-electron chi connectivity index (χ4n) is 10.1. The first kappa shape index (κ1) is 74.1. The van der Waals surface area contributed by atoms with Crippen LogP contribution in [0.3, 0.4) is 0 Å². The molecule has 6 nitrogen and oxygen atoms in total. The average Bonchev–Trinajstić information content (AvgIpc) is 3.43. The van der Waals surface area contributed by atoms with E-state index in [4.69, 9.17) is 14.2 Å². The second-order valence-electron chi connectivity index (χ2n) is 22.7. The maximum absolute atomic E-state index is 12.9. The quantitative estimate of drug-likeness (QED) is 0.0261. The van der Waals surface area contributed by atoms with Crippen LogP contribution < -0.4 is 0 Å². The Labute approximate surface area is 479 Å². The van der Waals surface area contributed by atoms with Crippen molar-refractivity contribution in [1.82, 2.24) is 0 Å². The zero-order chi connectivity index (χ0) is 55.7. The van der Waals surface area contributed by atoms with Gasteiger partial charge in [-0.05, 0) is 44.9 Å². The van der Waals surface area contributed by atoms with E-state index < -0.39 is 12.1 Å². The molecule has 0 rings (SSSR count). The van der Waals surface area contributed by atoms with Crippen LogP contribution in [0.4, 0.5) is 0 Å². The number of ether oxygens (including phenoxy) is 3. The summed E-state index contributed by atoms with van der Waals surface area (Å²) in [4.78, 5) is 38.3. The number of allylic oxidation sites excluding steroid dienone is 9. The van der Waals surface area contributed by atoms with E-state index in [0.29, 0.717) is 12.8 Å². The Balaban J connectivity index is 4.32. The molecule has 6 heteroatoms. The van der Waals surface area contributed by atoms with Crippen molar-refractivity contribution in [3.8, 4) is 0 Å². The Morgan fingerprint density at radius 2 is 0.506 bits per heavy atom. The monoisotopic (exact) mass is 1080 g/mol. The van der Waals surface area contributed by atoms with E-state index in [2.05, 4.69) is 69.4 Å². The van der Waals surface area contributed by atoms with Gasteiger partial charge in [-0.3, -0.25) is 14.4 Å². The van der Waals surface area contributed by atoms with Crippen molar-refractivity contribution in [2.45, 2.75) is 361 Å². The summed E-state index contributed by atoms with van der Waals surface area (Å²) in [7, 11) is 0. The van der Waals surface area contributed by atoms with Crippen LogP contribution in [-0.2, 0) is 28.6 Å². The first-order valence-electron chi connectivity index (χ1n) is 33.8. The molecule has 0 amide bonds. The highest BCUT2D eigenvalue weighted by atomic mass is 16.6. The summed E-state index contributed by atoms with van der Waals surface area (Å²) >= 11 is 0. The number of carbonyl (C=O) groups excluding carboxylic acids is 3. The van der Waals surface area contributed by atoms with E-state index in [1.54, 1.807) is 0 Å². The number of unbranched alkanes of at least 4 members (excludes halogenated alkanes) is 42. The molecule has 0 aliphatic heterocycles. The van der Waals surface area contributed by atoms with Crippen molar-refractivity contribution < 1.29 is 28.6 Å². The van der Waals surface area contributed by atoms with Crippen LogP contribution in [0.1, 0.15) is 355 Å². The molecule has 0 spiro atoms. The lowest BCUT2D eigenvalue weighted by Gasteiger charge is -2.18. The third-order valence-electron chi connectivity index (χ3n) is 15.1. The first-order valence-corrected chi connectivity index (χ1v) is 33.8. The van der Waals surface area contributed by atoms with Gasteiger partial charge < -0.3 is 14.2 Å². The van der Waals surface area contributed by atoms with E-state index >= 15 is 0 Å². The summed E-state index contributed by atoms with van der Waals surface area (Å²) in [5.74, 6) is -1.01. The number of hydrogen-bond acceptors (Lipinski definition) is 6. The third-order valence-corrected chi connectivity index (χ3v) is 15.1. The standard InChI is InChI=1S/C71H128O6/c1-4-7-10-13-16-19-22-25-28-30-32-33-34-35-36-37-39-40-43-46-49-52-55-58-61-64-70(73)76-67-68(66-75-69(72)63-60-57-54-51-48-45-42-27-24-21-18-15-12-9-6-3)77-71(74)65-62-59-56-53-50-47-44-41-38-31-29-26-23-20-17-14-11-8-5-2/h9,12,18,21,27,42,48,51,57,60,68H,4-8,10-11,13-17,19-20,22-26,28-41,43-47,49-50,52-56,58-59,61-67H2,1-3H3/b12-9-,21-18-,42-27-,51-48-,60-57-. The van der Waals surface area contributed by atoms with E-state index in [9.17, 15) is 14.4 Å². The Hall–Kier alpha value is -2.89. The maximum Gasteiger partial charge on any atom is 0.309 e.